The lowest BCUT2D eigenvalue weighted by Gasteiger charge is -2.32. The maximum atomic E-state index is 6.07. The molecule has 0 amide bonds. The predicted molar refractivity (Wildman–Crippen MR) is 89.2 cm³/mol. The second-order valence-corrected chi connectivity index (χ2v) is 6.73. The minimum atomic E-state index is -0.407. The van der Waals surface area contributed by atoms with E-state index in [4.69, 9.17) is 15.0 Å². The number of aromatic amines is 1. The molecule has 3 rings (SSSR count). The molecule has 2 aromatic rings. The fraction of sp³-hybridized carbons (Fsp3) is 0.438. The van der Waals surface area contributed by atoms with Gasteiger partial charge in [0, 0.05) is 11.9 Å². The third-order valence-electron chi connectivity index (χ3n) is 4.61. The molecule has 0 aliphatic carbocycles. The Morgan fingerprint density at radius 2 is 1.95 bits per heavy atom. The van der Waals surface area contributed by atoms with E-state index in [0.29, 0.717) is 6.54 Å². The van der Waals surface area contributed by atoms with Crippen molar-refractivity contribution in [2.24, 2.45) is 5.73 Å². The molecule has 1 aliphatic heterocycles. The zero-order valence-electron chi connectivity index (χ0n) is 13.5. The zero-order valence-corrected chi connectivity index (χ0v) is 13.5. The number of nitrogens with one attached hydrogen (secondary N) is 1. The molecule has 0 spiro atoms. The van der Waals surface area contributed by atoms with Gasteiger partial charge in [0.2, 0.25) is 0 Å². The molecule has 116 valence electrons. The molecule has 5 nitrogen and oxygen atoms in total. The van der Waals surface area contributed by atoms with Crippen LogP contribution in [0, 0.1) is 0 Å². The van der Waals surface area contributed by atoms with Crippen LogP contribution < -0.4 is 5.73 Å². The van der Waals surface area contributed by atoms with Crippen molar-refractivity contribution in [2.75, 3.05) is 6.54 Å². The molecule has 0 unspecified atom stereocenters. The van der Waals surface area contributed by atoms with E-state index in [1.54, 1.807) is 0 Å². The van der Waals surface area contributed by atoms with Crippen LogP contribution in [-0.2, 0) is 9.31 Å². The minimum absolute atomic E-state index is 0.361. The summed E-state index contributed by atoms with van der Waals surface area (Å²) in [4.78, 5) is 0. The van der Waals surface area contributed by atoms with Gasteiger partial charge in [0.15, 0.2) is 0 Å². The molecule has 1 aromatic carbocycles. The maximum absolute atomic E-state index is 6.07. The van der Waals surface area contributed by atoms with Crippen LogP contribution in [-0.4, -0.2) is 35.1 Å². The standard InChI is InChI=1S/C16H22BN3O2/c1-15(2)16(3,4)22-17(21-15)13(9-18)8-11-5-6-14-12(7-11)10-19-20-14/h5-8,10H,9,18H2,1-4H3,(H,19,20). The largest absolute Gasteiger partial charge is 0.491 e. The Morgan fingerprint density at radius 3 is 2.59 bits per heavy atom. The smallest absolute Gasteiger partial charge is 0.400 e. The molecular formula is C16H22BN3O2. The first kappa shape index (κ1) is 15.3. The summed E-state index contributed by atoms with van der Waals surface area (Å²) in [6.07, 6.45) is 3.85. The topological polar surface area (TPSA) is 73.2 Å². The molecule has 3 N–H and O–H groups in total. The number of nitrogens with two attached hydrogens (primary N) is 1. The van der Waals surface area contributed by atoms with Gasteiger partial charge >= 0.3 is 7.12 Å². The Morgan fingerprint density at radius 1 is 1.27 bits per heavy atom. The van der Waals surface area contributed by atoms with Crippen LogP contribution in [0.2, 0.25) is 0 Å². The van der Waals surface area contributed by atoms with Crippen molar-refractivity contribution >= 4 is 24.1 Å². The first-order valence-electron chi connectivity index (χ1n) is 7.52. The highest BCUT2D eigenvalue weighted by Crippen LogP contribution is 2.38. The van der Waals surface area contributed by atoms with Crippen molar-refractivity contribution in [3.63, 3.8) is 0 Å². The summed E-state index contributed by atoms with van der Waals surface area (Å²) in [5.41, 5.74) is 8.21. The Labute approximate surface area is 131 Å². The van der Waals surface area contributed by atoms with Gasteiger partial charge < -0.3 is 15.0 Å². The molecule has 6 heteroatoms. The molecule has 1 saturated heterocycles. The number of aromatic nitrogens is 2. The normalized spacial score (nSPS) is 20.8. The van der Waals surface area contributed by atoms with Gasteiger partial charge in [-0.25, -0.2) is 0 Å². The summed E-state index contributed by atoms with van der Waals surface area (Å²) in [6, 6.07) is 6.10. The lowest BCUT2D eigenvalue weighted by molar-refractivity contribution is 0.00578. The summed E-state index contributed by atoms with van der Waals surface area (Å²) < 4.78 is 12.1. The van der Waals surface area contributed by atoms with Gasteiger partial charge in [0.05, 0.1) is 22.9 Å². The van der Waals surface area contributed by atoms with Gasteiger partial charge in [-0.05, 0) is 50.9 Å². The van der Waals surface area contributed by atoms with Crippen molar-refractivity contribution in [1.29, 1.82) is 0 Å². The van der Waals surface area contributed by atoms with Crippen LogP contribution in [0.5, 0.6) is 0 Å². The second-order valence-electron chi connectivity index (χ2n) is 6.73. The second kappa shape index (κ2) is 5.23. The van der Waals surface area contributed by atoms with Gasteiger partial charge in [0.25, 0.3) is 0 Å². The van der Waals surface area contributed by atoms with E-state index in [-0.39, 0.29) is 11.2 Å². The lowest BCUT2D eigenvalue weighted by atomic mass is 9.77. The minimum Gasteiger partial charge on any atom is -0.400 e. The number of hydrogen-bond acceptors (Lipinski definition) is 4. The monoisotopic (exact) mass is 299 g/mol. The number of H-pyrrole nitrogens is 1. The Kier molecular flexibility index (Phi) is 3.63. The van der Waals surface area contributed by atoms with Crippen LogP contribution in [0.25, 0.3) is 17.0 Å². The van der Waals surface area contributed by atoms with Gasteiger partial charge in [-0.2, -0.15) is 5.10 Å². The van der Waals surface area contributed by atoms with Crippen LogP contribution in [0.4, 0.5) is 0 Å². The number of fused-ring (bicyclic) bond motifs is 1. The number of benzene rings is 1. The summed E-state index contributed by atoms with van der Waals surface area (Å²) in [7, 11) is -0.407. The van der Waals surface area contributed by atoms with E-state index >= 15 is 0 Å². The van der Waals surface area contributed by atoms with Crippen molar-refractivity contribution in [1.82, 2.24) is 10.2 Å². The molecule has 22 heavy (non-hydrogen) atoms. The summed E-state index contributed by atoms with van der Waals surface area (Å²) in [5, 5.41) is 8.05. The molecule has 0 bridgehead atoms. The van der Waals surface area contributed by atoms with Gasteiger partial charge in [-0.15, -0.1) is 0 Å². The van der Waals surface area contributed by atoms with Crippen LogP contribution in [0.1, 0.15) is 33.3 Å². The van der Waals surface area contributed by atoms with Crippen LogP contribution in [0.3, 0.4) is 0 Å². The van der Waals surface area contributed by atoms with E-state index < -0.39 is 7.12 Å². The van der Waals surface area contributed by atoms with E-state index in [0.717, 1.165) is 21.9 Å². The highest BCUT2D eigenvalue weighted by Gasteiger charge is 2.52. The fourth-order valence-corrected chi connectivity index (χ4v) is 2.48. The molecule has 0 saturated carbocycles. The summed E-state index contributed by atoms with van der Waals surface area (Å²) >= 11 is 0. The number of nitrogens with zero attached hydrogens (tertiary/aromatic N) is 1. The Balaban J connectivity index is 1.90. The van der Waals surface area contributed by atoms with Crippen LogP contribution in [0.15, 0.2) is 29.9 Å². The maximum Gasteiger partial charge on any atom is 0.491 e. The Hall–Kier alpha value is -1.63. The van der Waals surface area contributed by atoms with Gasteiger partial charge in [-0.1, -0.05) is 12.1 Å². The first-order chi connectivity index (χ1) is 10.3. The molecule has 0 atom stereocenters. The third kappa shape index (κ3) is 2.58. The molecule has 0 radical (unpaired) electrons. The van der Waals surface area contributed by atoms with Crippen molar-refractivity contribution in [2.45, 2.75) is 38.9 Å². The Bertz CT molecular complexity index is 705. The summed E-state index contributed by atoms with van der Waals surface area (Å²) in [5.74, 6) is 0. The molecule has 1 aromatic heterocycles. The molecule has 1 fully saturated rings. The highest BCUT2D eigenvalue weighted by atomic mass is 16.7. The van der Waals surface area contributed by atoms with Gasteiger partial charge in [-0.3, -0.25) is 5.10 Å². The highest BCUT2D eigenvalue weighted by molar-refractivity contribution is 6.55. The van der Waals surface area contributed by atoms with E-state index in [2.05, 4.69) is 16.3 Å². The van der Waals surface area contributed by atoms with Crippen molar-refractivity contribution in [3.05, 3.63) is 35.4 Å². The molecular weight excluding hydrogens is 277 g/mol. The number of rotatable bonds is 3. The van der Waals surface area contributed by atoms with Gasteiger partial charge in [0.1, 0.15) is 0 Å². The average molecular weight is 299 g/mol. The van der Waals surface area contributed by atoms with E-state index in [1.165, 1.54) is 0 Å². The lowest BCUT2D eigenvalue weighted by Crippen LogP contribution is -2.41. The predicted octanol–water partition coefficient (Wildman–Crippen LogP) is 2.54. The van der Waals surface area contributed by atoms with Crippen LogP contribution >= 0.6 is 0 Å². The zero-order chi connectivity index (χ0) is 16.0. The van der Waals surface area contributed by atoms with Crippen molar-refractivity contribution in [3.8, 4) is 0 Å². The molecule has 1 aliphatic rings. The van der Waals surface area contributed by atoms with E-state index in [1.807, 2.05) is 52.1 Å². The third-order valence-corrected chi connectivity index (χ3v) is 4.61. The summed E-state index contributed by atoms with van der Waals surface area (Å²) in [6.45, 7) is 8.55. The van der Waals surface area contributed by atoms with Crippen molar-refractivity contribution < 1.29 is 9.31 Å². The number of hydrogen-bond donors (Lipinski definition) is 2. The SMILES string of the molecule is CC1(C)OB(C(=Cc2ccc3[nH]ncc3c2)CN)OC1(C)C. The van der Waals surface area contributed by atoms with E-state index in [9.17, 15) is 0 Å². The molecule has 2 heterocycles. The average Bonchev–Trinajstić information content (AvgIpc) is 2.98. The quantitative estimate of drug-likeness (QED) is 0.854. The first-order valence-corrected chi connectivity index (χ1v) is 7.52. The fourth-order valence-electron chi connectivity index (χ4n) is 2.48.